The maximum Gasteiger partial charge on any atom is 0.805 e. The quantitative estimate of drug-likeness (QED) is 0.404. The average molecular weight is 433 g/mol. The smallest absolute Gasteiger partial charge is 0.508 e. The van der Waals surface area contributed by atoms with Crippen molar-refractivity contribution in [1.82, 2.24) is 0 Å². The first-order valence-electron chi connectivity index (χ1n) is 9.32. The fourth-order valence-electron chi connectivity index (χ4n) is 3.01. The van der Waals surface area contributed by atoms with Crippen LogP contribution < -0.4 is 25.0 Å². The van der Waals surface area contributed by atoms with E-state index in [2.05, 4.69) is 0 Å². The molecule has 0 fully saturated rings. The zero-order valence-electron chi connectivity index (χ0n) is 16.0. The van der Waals surface area contributed by atoms with Gasteiger partial charge in [-0.15, -0.1) is 0 Å². The predicted octanol–water partition coefficient (Wildman–Crippen LogP) is 5.27. The fraction of sp³-hybridized carbons (Fsp3) is 0. The average Bonchev–Trinajstić information content (AvgIpc) is 2.78. The Morgan fingerprint density at radius 1 is 0.667 bits per heavy atom. The number of benzene rings is 4. The summed E-state index contributed by atoms with van der Waals surface area (Å²) >= 11 is 0. The molecule has 1 N–H and O–H groups in total. The molecule has 0 aliphatic carbocycles. The summed E-state index contributed by atoms with van der Waals surface area (Å²) in [6.07, 6.45) is 0. The lowest BCUT2D eigenvalue weighted by Gasteiger charge is -2.20. The molecule has 0 aliphatic rings. The van der Waals surface area contributed by atoms with E-state index in [1.807, 2.05) is 66.7 Å². The van der Waals surface area contributed by atoms with E-state index in [1.165, 1.54) is 6.07 Å². The lowest BCUT2D eigenvalue weighted by atomic mass is 10.3. The third-order valence-corrected chi connectivity index (χ3v) is 7.47. The molecule has 1 unspecified atom stereocenters. The second-order valence-corrected chi connectivity index (χ2v) is 9.38. The first-order chi connectivity index (χ1) is 14.7. The molecule has 0 bridgehead atoms. The molecular formula is C24H19O4P2+. The Morgan fingerprint density at radius 2 is 1.20 bits per heavy atom. The first kappa shape index (κ1) is 20.1. The van der Waals surface area contributed by atoms with Crippen LogP contribution in [0.25, 0.3) is 0 Å². The summed E-state index contributed by atoms with van der Waals surface area (Å²) in [5, 5.41) is 13.1. The number of phenolic OH excluding ortho intramolecular Hbond substituents is 1. The van der Waals surface area contributed by atoms with E-state index in [-0.39, 0.29) is 5.75 Å². The Balaban J connectivity index is 1.72. The Hall–Kier alpha value is -3.19. The second-order valence-electron chi connectivity index (χ2n) is 6.38. The summed E-state index contributed by atoms with van der Waals surface area (Å²) in [5.74, 6) is 1.01. The molecule has 4 nitrogen and oxygen atoms in total. The van der Waals surface area contributed by atoms with Gasteiger partial charge in [-0.1, -0.05) is 78.9 Å². The number of hydrogen-bond donors (Lipinski definition) is 1. The summed E-state index contributed by atoms with van der Waals surface area (Å²) in [6.45, 7) is 0. The lowest BCUT2D eigenvalue weighted by molar-refractivity contribution is 0.416. The summed E-state index contributed by atoms with van der Waals surface area (Å²) in [7, 11) is -3.48. The first-order valence-corrected chi connectivity index (χ1v) is 11.8. The molecule has 0 aliphatic heterocycles. The van der Waals surface area contributed by atoms with E-state index >= 15 is 0 Å². The Kier molecular flexibility index (Phi) is 6.39. The molecule has 4 rings (SSSR count). The number of aromatic hydroxyl groups is 1. The van der Waals surface area contributed by atoms with Crippen LogP contribution in [0.1, 0.15) is 0 Å². The molecule has 30 heavy (non-hydrogen) atoms. The highest BCUT2D eigenvalue weighted by Crippen LogP contribution is 2.40. The molecule has 0 saturated heterocycles. The Morgan fingerprint density at radius 3 is 1.77 bits per heavy atom. The number of hydrogen-bond acceptors (Lipinski definition) is 4. The number of para-hydroxylation sites is 1. The number of rotatable bonds is 7. The zero-order valence-corrected chi connectivity index (χ0v) is 17.7. The van der Waals surface area contributed by atoms with Gasteiger partial charge in [0, 0.05) is 9.87 Å². The van der Waals surface area contributed by atoms with Crippen LogP contribution >= 0.6 is 16.2 Å². The van der Waals surface area contributed by atoms with Gasteiger partial charge in [-0.25, -0.2) is 9.05 Å². The van der Waals surface area contributed by atoms with Gasteiger partial charge in [-0.05, 0) is 48.9 Å². The minimum Gasteiger partial charge on any atom is -0.508 e. The molecule has 6 heteroatoms. The van der Waals surface area contributed by atoms with Crippen molar-refractivity contribution in [3.8, 4) is 17.2 Å². The molecular weight excluding hydrogens is 414 g/mol. The van der Waals surface area contributed by atoms with Crippen LogP contribution in [0.15, 0.2) is 109 Å². The van der Waals surface area contributed by atoms with Crippen molar-refractivity contribution < 1.29 is 18.7 Å². The van der Waals surface area contributed by atoms with Crippen molar-refractivity contribution in [3.05, 3.63) is 109 Å². The van der Waals surface area contributed by atoms with E-state index in [4.69, 9.17) is 9.05 Å². The van der Waals surface area contributed by atoms with E-state index in [9.17, 15) is 9.67 Å². The molecule has 0 spiro atoms. The van der Waals surface area contributed by atoms with Gasteiger partial charge in [0.2, 0.25) is 0 Å². The van der Waals surface area contributed by atoms with Crippen LogP contribution in [0.2, 0.25) is 0 Å². The van der Waals surface area contributed by atoms with Gasteiger partial charge < -0.3 is 5.11 Å². The van der Waals surface area contributed by atoms with Crippen molar-refractivity contribution in [2.45, 2.75) is 0 Å². The van der Waals surface area contributed by atoms with Gasteiger partial charge in [0.05, 0.1) is 0 Å². The van der Waals surface area contributed by atoms with Gasteiger partial charge in [0.15, 0.2) is 11.5 Å². The topological polar surface area (TPSA) is 55.8 Å². The van der Waals surface area contributed by atoms with Crippen LogP contribution in [0.4, 0.5) is 0 Å². The molecule has 0 amide bonds. The maximum absolute atomic E-state index is 12.6. The summed E-state index contributed by atoms with van der Waals surface area (Å²) in [6, 6.07) is 33.8. The van der Waals surface area contributed by atoms with E-state index in [1.54, 1.807) is 36.4 Å². The van der Waals surface area contributed by atoms with Crippen molar-refractivity contribution >= 4 is 32.1 Å². The van der Waals surface area contributed by atoms with Crippen molar-refractivity contribution in [3.63, 3.8) is 0 Å². The molecule has 0 saturated carbocycles. The number of phenols is 1. The Labute approximate surface area is 177 Å². The van der Waals surface area contributed by atoms with Gasteiger partial charge >= 0.3 is 8.25 Å². The lowest BCUT2D eigenvalue weighted by Crippen LogP contribution is -2.21. The minimum absolute atomic E-state index is 0.121. The normalized spacial score (nSPS) is 11.2. The summed E-state index contributed by atoms with van der Waals surface area (Å²) in [5.41, 5.74) is 0. The zero-order chi connectivity index (χ0) is 20.8. The van der Waals surface area contributed by atoms with E-state index in [0.29, 0.717) is 11.5 Å². The van der Waals surface area contributed by atoms with Crippen molar-refractivity contribution in [1.29, 1.82) is 0 Å². The SMILES string of the molecule is O=[P+](Oc1ccccc1)Oc1ccc(O)cc1P(c1ccccc1)c1ccccc1. The highest BCUT2D eigenvalue weighted by molar-refractivity contribution is 7.80. The highest BCUT2D eigenvalue weighted by Gasteiger charge is 2.29. The molecule has 0 heterocycles. The molecule has 1 atom stereocenters. The van der Waals surface area contributed by atoms with Crippen molar-refractivity contribution in [2.75, 3.05) is 0 Å². The van der Waals surface area contributed by atoms with Gasteiger partial charge in [-0.2, -0.15) is 0 Å². The molecule has 0 radical (unpaired) electrons. The third kappa shape index (κ3) is 4.86. The van der Waals surface area contributed by atoms with Crippen molar-refractivity contribution in [2.24, 2.45) is 0 Å². The predicted molar refractivity (Wildman–Crippen MR) is 122 cm³/mol. The van der Waals surface area contributed by atoms with E-state index < -0.39 is 16.2 Å². The molecule has 4 aromatic carbocycles. The van der Waals surface area contributed by atoms with Crippen LogP contribution in [-0.2, 0) is 4.57 Å². The Bertz CT molecular complexity index is 1080. The van der Waals surface area contributed by atoms with E-state index in [0.717, 1.165) is 15.9 Å². The minimum atomic E-state index is -2.44. The summed E-state index contributed by atoms with van der Waals surface area (Å²) in [4.78, 5) is 0. The standard InChI is InChI=1S/C24H18O4P2/c25-19-16-17-23(28-30(26)27-20-10-4-1-5-11-20)24(18-19)29(21-12-6-2-7-13-21)22-14-8-3-9-15-22/h1-18H/p+1. The summed E-state index contributed by atoms with van der Waals surface area (Å²) < 4.78 is 23.7. The van der Waals surface area contributed by atoms with Crippen LogP contribution in [0.5, 0.6) is 17.2 Å². The highest BCUT2D eigenvalue weighted by atomic mass is 31.1. The molecule has 4 aromatic rings. The van der Waals surface area contributed by atoms with Gasteiger partial charge in [0.25, 0.3) is 0 Å². The van der Waals surface area contributed by atoms with Gasteiger partial charge in [0.1, 0.15) is 5.75 Å². The van der Waals surface area contributed by atoms with Crippen LogP contribution in [-0.4, -0.2) is 5.11 Å². The third-order valence-electron chi connectivity index (χ3n) is 4.31. The molecule has 148 valence electrons. The fourth-order valence-corrected chi connectivity index (χ4v) is 6.13. The monoisotopic (exact) mass is 433 g/mol. The van der Waals surface area contributed by atoms with Crippen LogP contribution in [0, 0.1) is 0 Å². The van der Waals surface area contributed by atoms with Crippen LogP contribution in [0.3, 0.4) is 0 Å². The largest absolute Gasteiger partial charge is 0.805 e. The molecule has 0 aromatic heterocycles. The maximum atomic E-state index is 12.6. The second kappa shape index (κ2) is 9.54. The van der Waals surface area contributed by atoms with Gasteiger partial charge in [-0.3, -0.25) is 0 Å².